The van der Waals surface area contributed by atoms with Crippen molar-refractivity contribution in [3.63, 3.8) is 0 Å². The van der Waals surface area contributed by atoms with Gasteiger partial charge in [-0.3, -0.25) is 0 Å². The molecule has 1 N–H and O–H groups in total. The highest BCUT2D eigenvalue weighted by atomic mass is 28.3. The zero-order valence-electron chi connectivity index (χ0n) is 12.5. The number of unbranched alkanes of at least 4 members (excludes halogenated alkanes) is 2. The van der Waals surface area contributed by atoms with Gasteiger partial charge in [-0.1, -0.05) is 40.0 Å². The lowest BCUT2D eigenvalue weighted by Gasteiger charge is -2.14. The summed E-state index contributed by atoms with van der Waals surface area (Å²) in [7, 11) is -1.99. The van der Waals surface area contributed by atoms with Crippen LogP contribution in [0.3, 0.4) is 0 Å². The summed E-state index contributed by atoms with van der Waals surface area (Å²) in [5.41, 5.74) is 2.18. The van der Waals surface area contributed by atoms with Crippen molar-refractivity contribution in [3.8, 4) is 0 Å². The van der Waals surface area contributed by atoms with Crippen LogP contribution in [0.15, 0.2) is 11.3 Å². The van der Waals surface area contributed by atoms with E-state index in [0.29, 0.717) is 25.2 Å². The summed E-state index contributed by atoms with van der Waals surface area (Å²) in [5, 5.41) is 9.14. The fraction of sp³-hybridized carbons (Fsp3) is 0.786. The average Bonchev–Trinajstić information content (AvgIpc) is 2.38. The fourth-order valence-corrected chi connectivity index (χ4v) is 3.25. The Bertz CT molecular complexity index is 256. The van der Waals surface area contributed by atoms with Crippen LogP contribution in [0.1, 0.15) is 59.3 Å². The van der Waals surface area contributed by atoms with Crippen molar-refractivity contribution in [1.82, 2.24) is 0 Å². The predicted molar refractivity (Wildman–Crippen MR) is 79.5 cm³/mol. The SMILES string of the molecule is CCCCO[SiH](C=C(CCC)C(=O)O)OCCCC. The second-order valence-corrected chi connectivity index (χ2v) is 6.30. The molecule has 0 radical (unpaired) electrons. The smallest absolute Gasteiger partial charge is 0.348 e. The van der Waals surface area contributed by atoms with Gasteiger partial charge in [-0.2, -0.15) is 0 Å². The van der Waals surface area contributed by atoms with Crippen LogP contribution in [-0.4, -0.2) is 33.6 Å². The van der Waals surface area contributed by atoms with E-state index in [0.717, 1.165) is 32.1 Å². The standard InChI is InChI=1S/C14H28O4Si/c1-4-7-10-17-19(18-11-8-5-2)12-13(9-6-3)14(15)16/h12,19H,4-11H2,1-3H3,(H,15,16). The van der Waals surface area contributed by atoms with Gasteiger partial charge >= 0.3 is 15.3 Å². The maximum atomic E-state index is 11.1. The lowest BCUT2D eigenvalue weighted by atomic mass is 10.2. The minimum Gasteiger partial charge on any atom is -0.478 e. The normalized spacial score (nSPS) is 12.1. The molecule has 0 amide bonds. The third kappa shape index (κ3) is 9.87. The van der Waals surface area contributed by atoms with Crippen LogP contribution in [0, 0.1) is 0 Å². The molecule has 0 aliphatic carbocycles. The summed E-state index contributed by atoms with van der Waals surface area (Å²) in [5.74, 6) is -0.850. The van der Waals surface area contributed by atoms with Crippen molar-refractivity contribution in [2.75, 3.05) is 13.2 Å². The van der Waals surface area contributed by atoms with Crippen molar-refractivity contribution in [2.24, 2.45) is 0 Å². The van der Waals surface area contributed by atoms with Crippen LogP contribution in [-0.2, 0) is 13.6 Å². The Labute approximate surface area is 118 Å². The Morgan fingerprint density at radius 1 is 1.05 bits per heavy atom. The first kappa shape index (κ1) is 18.3. The van der Waals surface area contributed by atoms with Gasteiger partial charge in [-0.05, 0) is 25.0 Å². The van der Waals surface area contributed by atoms with Gasteiger partial charge in [0.05, 0.1) is 0 Å². The molecule has 0 aliphatic heterocycles. The maximum Gasteiger partial charge on any atom is 0.348 e. The molecule has 0 atom stereocenters. The van der Waals surface area contributed by atoms with E-state index in [1.807, 2.05) is 6.92 Å². The fourth-order valence-electron chi connectivity index (χ4n) is 1.53. The van der Waals surface area contributed by atoms with Crippen molar-refractivity contribution >= 4 is 15.3 Å². The lowest BCUT2D eigenvalue weighted by Crippen LogP contribution is -2.24. The highest BCUT2D eigenvalue weighted by Crippen LogP contribution is 2.08. The molecule has 0 heterocycles. The molecule has 4 nitrogen and oxygen atoms in total. The first-order valence-corrected chi connectivity index (χ1v) is 8.93. The van der Waals surface area contributed by atoms with E-state index < -0.39 is 15.3 Å². The molecule has 0 saturated heterocycles. The molecule has 0 fully saturated rings. The van der Waals surface area contributed by atoms with Crippen LogP contribution < -0.4 is 0 Å². The highest BCUT2D eigenvalue weighted by Gasteiger charge is 2.15. The van der Waals surface area contributed by atoms with E-state index >= 15 is 0 Å². The van der Waals surface area contributed by atoms with Crippen molar-refractivity contribution in [1.29, 1.82) is 0 Å². The van der Waals surface area contributed by atoms with E-state index in [9.17, 15) is 4.79 Å². The largest absolute Gasteiger partial charge is 0.478 e. The van der Waals surface area contributed by atoms with Gasteiger partial charge < -0.3 is 14.0 Å². The number of carboxylic acid groups (broad SMARTS) is 1. The van der Waals surface area contributed by atoms with Gasteiger partial charge in [0.25, 0.3) is 0 Å². The first-order valence-electron chi connectivity index (χ1n) is 7.32. The molecule has 0 aliphatic rings. The molecular formula is C14H28O4Si. The number of hydrogen-bond acceptors (Lipinski definition) is 3. The van der Waals surface area contributed by atoms with Crippen molar-refractivity contribution in [2.45, 2.75) is 59.3 Å². The van der Waals surface area contributed by atoms with Gasteiger partial charge in [0.1, 0.15) is 0 Å². The molecule has 0 aromatic heterocycles. The number of carboxylic acids is 1. The lowest BCUT2D eigenvalue weighted by molar-refractivity contribution is -0.132. The topological polar surface area (TPSA) is 55.8 Å². The average molecular weight is 288 g/mol. The molecule has 0 unspecified atom stereocenters. The molecule has 19 heavy (non-hydrogen) atoms. The Hall–Kier alpha value is -0.653. The van der Waals surface area contributed by atoms with Gasteiger partial charge in [0.2, 0.25) is 0 Å². The Morgan fingerprint density at radius 3 is 1.95 bits per heavy atom. The Balaban J connectivity index is 4.48. The van der Waals surface area contributed by atoms with Crippen LogP contribution in [0.25, 0.3) is 0 Å². The van der Waals surface area contributed by atoms with Gasteiger partial charge in [0.15, 0.2) is 0 Å². The number of aliphatic carboxylic acids is 1. The number of hydrogen-bond donors (Lipinski definition) is 1. The molecule has 0 bridgehead atoms. The second-order valence-electron chi connectivity index (χ2n) is 4.56. The Morgan fingerprint density at radius 2 is 1.58 bits per heavy atom. The van der Waals surface area contributed by atoms with Crippen molar-refractivity contribution in [3.05, 3.63) is 11.3 Å². The van der Waals surface area contributed by atoms with E-state index in [-0.39, 0.29) is 0 Å². The zero-order chi connectivity index (χ0) is 14.5. The summed E-state index contributed by atoms with van der Waals surface area (Å²) in [6, 6.07) is 0. The maximum absolute atomic E-state index is 11.1. The molecule has 112 valence electrons. The van der Waals surface area contributed by atoms with Crippen LogP contribution in [0.4, 0.5) is 0 Å². The molecular weight excluding hydrogens is 260 g/mol. The van der Waals surface area contributed by atoms with E-state index in [1.165, 1.54) is 0 Å². The Kier molecular flexibility index (Phi) is 12.0. The summed E-state index contributed by atoms with van der Waals surface area (Å²) < 4.78 is 11.5. The van der Waals surface area contributed by atoms with Crippen LogP contribution in [0.2, 0.25) is 0 Å². The minimum absolute atomic E-state index is 0.437. The molecule has 0 aromatic rings. The molecule has 0 aromatic carbocycles. The van der Waals surface area contributed by atoms with Crippen LogP contribution in [0.5, 0.6) is 0 Å². The molecule has 0 saturated carbocycles. The van der Waals surface area contributed by atoms with Gasteiger partial charge in [-0.25, -0.2) is 4.79 Å². The van der Waals surface area contributed by atoms with E-state index in [4.69, 9.17) is 14.0 Å². The molecule has 5 heteroatoms. The van der Waals surface area contributed by atoms with Gasteiger partial charge in [-0.15, -0.1) is 0 Å². The predicted octanol–water partition coefficient (Wildman–Crippen LogP) is 3.19. The number of rotatable bonds is 12. The van der Waals surface area contributed by atoms with E-state index in [1.54, 1.807) is 5.70 Å². The molecule has 0 spiro atoms. The minimum atomic E-state index is -1.99. The quantitative estimate of drug-likeness (QED) is 0.340. The summed E-state index contributed by atoms with van der Waals surface area (Å²) in [6.07, 6.45) is 5.52. The van der Waals surface area contributed by atoms with Crippen LogP contribution >= 0.6 is 0 Å². The summed E-state index contributed by atoms with van der Waals surface area (Å²) in [4.78, 5) is 11.1. The summed E-state index contributed by atoms with van der Waals surface area (Å²) >= 11 is 0. The van der Waals surface area contributed by atoms with E-state index in [2.05, 4.69) is 13.8 Å². The van der Waals surface area contributed by atoms with Crippen molar-refractivity contribution < 1.29 is 18.8 Å². The third-order valence-electron chi connectivity index (χ3n) is 2.69. The second kappa shape index (κ2) is 12.4. The summed E-state index contributed by atoms with van der Waals surface area (Å²) in [6.45, 7) is 7.51. The number of carbonyl (C=O) groups is 1. The van der Waals surface area contributed by atoms with Gasteiger partial charge in [0, 0.05) is 18.8 Å². The third-order valence-corrected chi connectivity index (χ3v) is 4.49. The monoisotopic (exact) mass is 288 g/mol. The molecule has 0 rings (SSSR count). The zero-order valence-corrected chi connectivity index (χ0v) is 13.6. The first-order chi connectivity index (χ1) is 9.15. The highest BCUT2D eigenvalue weighted by molar-refractivity contribution is 6.51.